The molecule has 1 unspecified atom stereocenters. The number of benzene rings is 3. The van der Waals surface area contributed by atoms with E-state index >= 15 is 0 Å². The largest absolute Gasteiger partial charge is 0.494 e. The zero-order chi connectivity index (χ0) is 33.0. The molecule has 0 radical (unpaired) electrons. The third kappa shape index (κ3) is 13.5. The van der Waals surface area contributed by atoms with E-state index in [-0.39, 0.29) is 18.0 Å². The molecular formula is C39H50O7. The molecule has 3 aromatic carbocycles. The van der Waals surface area contributed by atoms with E-state index in [1.54, 1.807) is 36.4 Å². The van der Waals surface area contributed by atoms with Gasteiger partial charge in [0.2, 0.25) is 0 Å². The summed E-state index contributed by atoms with van der Waals surface area (Å²) < 4.78 is 22.2. The van der Waals surface area contributed by atoms with Crippen LogP contribution in [0.3, 0.4) is 0 Å². The van der Waals surface area contributed by atoms with Crippen LogP contribution >= 0.6 is 0 Å². The third-order valence-electron chi connectivity index (χ3n) is 7.69. The lowest BCUT2D eigenvalue weighted by molar-refractivity contribution is -0.143. The van der Waals surface area contributed by atoms with Crippen molar-refractivity contribution in [2.24, 2.45) is 0 Å². The fourth-order valence-electron chi connectivity index (χ4n) is 4.86. The Morgan fingerprint density at radius 3 is 1.78 bits per heavy atom. The third-order valence-corrected chi connectivity index (χ3v) is 7.69. The Bertz CT molecular complexity index is 1310. The predicted molar refractivity (Wildman–Crippen MR) is 181 cm³/mol. The summed E-state index contributed by atoms with van der Waals surface area (Å²) in [6.45, 7) is 7.28. The van der Waals surface area contributed by atoms with E-state index in [0.29, 0.717) is 36.5 Å². The number of rotatable bonds is 21. The molecule has 0 aliphatic carbocycles. The van der Waals surface area contributed by atoms with Crippen molar-refractivity contribution >= 4 is 17.9 Å². The van der Waals surface area contributed by atoms with Crippen LogP contribution in [0.5, 0.6) is 11.5 Å². The van der Waals surface area contributed by atoms with Crippen LogP contribution in [0.1, 0.15) is 119 Å². The number of carbonyl (C=O) groups is 3. The Labute approximate surface area is 274 Å². The average Bonchev–Trinajstić information content (AvgIpc) is 3.07. The van der Waals surface area contributed by atoms with Gasteiger partial charge < -0.3 is 18.9 Å². The maximum atomic E-state index is 12.7. The Kier molecular flexibility index (Phi) is 16.4. The van der Waals surface area contributed by atoms with E-state index in [0.717, 1.165) is 74.7 Å². The van der Waals surface area contributed by atoms with Gasteiger partial charge in [-0.05, 0) is 112 Å². The zero-order valence-corrected chi connectivity index (χ0v) is 27.8. The molecule has 46 heavy (non-hydrogen) atoms. The van der Waals surface area contributed by atoms with Gasteiger partial charge in [0, 0.05) is 6.42 Å². The molecule has 0 aliphatic heterocycles. The predicted octanol–water partition coefficient (Wildman–Crippen LogP) is 9.76. The highest BCUT2D eigenvalue weighted by Gasteiger charge is 2.14. The molecule has 0 spiro atoms. The lowest BCUT2D eigenvalue weighted by atomic mass is 10.0. The summed E-state index contributed by atoms with van der Waals surface area (Å²) in [6, 6.07) is 21.6. The van der Waals surface area contributed by atoms with Crippen LogP contribution in [0.2, 0.25) is 0 Å². The fraction of sp³-hybridized carbons (Fsp3) is 0.462. The highest BCUT2D eigenvalue weighted by Crippen LogP contribution is 2.24. The lowest BCUT2D eigenvalue weighted by Gasteiger charge is -2.13. The van der Waals surface area contributed by atoms with Gasteiger partial charge in [0.05, 0.1) is 30.4 Å². The van der Waals surface area contributed by atoms with Crippen molar-refractivity contribution in [3.63, 3.8) is 0 Å². The van der Waals surface area contributed by atoms with Crippen LogP contribution in [-0.2, 0) is 14.3 Å². The van der Waals surface area contributed by atoms with Gasteiger partial charge in [-0.25, -0.2) is 9.59 Å². The number of ether oxygens (including phenoxy) is 4. The molecule has 0 bridgehead atoms. The summed E-state index contributed by atoms with van der Waals surface area (Å²) in [7, 11) is 0. The van der Waals surface area contributed by atoms with Crippen LogP contribution in [0.25, 0.3) is 11.1 Å². The molecule has 1 atom stereocenters. The molecule has 0 amide bonds. The first-order valence-corrected chi connectivity index (χ1v) is 16.9. The van der Waals surface area contributed by atoms with Crippen molar-refractivity contribution < 1.29 is 33.3 Å². The van der Waals surface area contributed by atoms with Crippen molar-refractivity contribution in [3.8, 4) is 22.6 Å². The molecule has 0 saturated carbocycles. The van der Waals surface area contributed by atoms with Crippen molar-refractivity contribution in [1.82, 2.24) is 0 Å². The molecule has 3 rings (SSSR count). The fourth-order valence-corrected chi connectivity index (χ4v) is 4.86. The van der Waals surface area contributed by atoms with E-state index < -0.39 is 5.97 Å². The summed E-state index contributed by atoms with van der Waals surface area (Å²) in [4.78, 5) is 36.7. The second kappa shape index (κ2) is 20.8. The normalized spacial score (nSPS) is 11.5. The van der Waals surface area contributed by atoms with Gasteiger partial charge in [0.15, 0.2) is 0 Å². The van der Waals surface area contributed by atoms with Gasteiger partial charge in [-0.2, -0.15) is 0 Å². The van der Waals surface area contributed by atoms with Crippen molar-refractivity contribution in [3.05, 3.63) is 83.9 Å². The summed E-state index contributed by atoms with van der Waals surface area (Å²) in [5, 5.41) is 0. The van der Waals surface area contributed by atoms with Gasteiger partial charge in [0.25, 0.3) is 0 Å². The SMILES string of the molecule is CCCCCCC(C)OC(=O)c1ccc(OC(=O)c2ccc(-c3ccc(OCCCCCCOC(=O)CCCC)cc3)cc2)cc1. The minimum Gasteiger partial charge on any atom is -0.494 e. The quantitative estimate of drug-likeness (QED) is 0.0658. The second-order valence-corrected chi connectivity index (χ2v) is 11.7. The molecule has 0 saturated heterocycles. The minimum atomic E-state index is -0.473. The lowest BCUT2D eigenvalue weighted by Crippen LogP contribution is -2.15. The minimum absolute atomic E-state index is 0.0933. The second-order valence-electron chi connectivity index (χ2n) is 11.7. The molecule has 0 aliphatic rings. The maximum Gasteiger partial charge on any atom is 0.343 e. The van der Waals surface area contributed by atoms with Gasteiger partial charge in [0.1, 0.15) is 11.5 Å². The number of hydrogen-bond acceptors (Lipinski definition) is 7. The molecule has 7 nitrogen and oxygen atoms in total. The molecule has 0 aromatic heterocycles. The smallest absolute Gasteiger partial charge is 0.343 e. The Morgan fingerprint density at radius 1 is 0.587 bits per heavy atom. The van der Waals surface area contributed by atoms with Crippen LogP contribution in [0.15, 0.2) is 72.8 Å². The molecule has 7 heteroatoms. The van der Waals surface area contributed by atoms with Gasteiger partial charge in [-0.1, -0.05) is 63.8 Å². The molecule has 3 aromatic rings. The molecule has 0 fully saturated rings. The van der Waals surface area contributed by atoms with Crippen LogP contribution in [0, 0.1) is 0 Å². The number of carbonyl (C=O) groups excluding carboxylic acids is 3. The first kappa shape index (κ1) is 36.3. The molecule has 0 N–H and O–H groups in total. The van der Waals surface area contributed by atoms with Crippen molar-refractivity contribution in [1.29, 1.82) is 0 Å². The van der Waals surface area contributed by atoms with Gasteiger partial charge in [-0.3, -0.25) is 4.79 Å². The molecule has 0 heterocycles. The zero-order valence-electron chi connectivity index (χ0n) is 27.8. The van der Waals surface area contributed by atoms with E-state index in [2.05, 4.69) is 13.8 Å². The summed E-state index contributed by atoms with van der Waals surface area (Å²) >= 11 is 0. The molecule has 248 valence electrons. The van der Waals surface area contributed by atoms with Gasteiger partial charge in [-0.15, -0.1) is 0 Å². The average molecular weight is 631 g/mol. The van der Waals surface area contributed by atoms with E-state index in [1.807, 2.05) is 43.3 Å². The standard InChI is InChI=1S/C39H50O7/c1-4-6-8-11-14-30(3)45-38(41)34-22-26-36(27-23-34)46-39(42)33-18-16-31(17-19-33)32-20-24-35(25-21-32)43-28-12-9-10-13-29-44-37(40)15-7-5-2/h16-27,30H,4-15,28-29H2,1-3H3. The number of unbranched alkanes of at least 4 members (excludes halogenated alkanes) is 7. The highest BCUT2D eigenvalue weighted by molar-refractivity contribution is 5.92. The Hall–Kier alpha value is -4.13. The first-order chi connectivity index (χ1) is 22.4. The topological polar surface area (TPSA) is 88.1 Å². The van der Waals surface area contributed by atoms with Crippen LogP contribution in [0.4, 0.5) is 0 Å². The summed E-state index contributed by atoms with van der Waals surface area (Å²) in [6.07, 6.45) is 11.5. The Balaban J connectivity index is 1.37. The van der Waals surface area contributed by atoms with Crippen LogP contribution in [-0.4, -0.2) is 37.2 Å². The first-order valence-electron chi connectivity index (χ1n) is 16.9. The van der Waals surface area contributed by atoms with E-state index in [9.17, 15) is 14.4 Å². The molecular weight excluding hydrogens is 580 g/mol. The van der Waals surface area contributed by atoms with Crippen LogP contribution < -0.4 is 9.47 Å². The monoisotopic (exact) mass is 630 g/mol. The summed E-state index contributed by atoms with van der Waals surface area (Å²) in [5.74, 6) is 0.229. The number of hydrogen-bond donors (Lipinski definition) is 0. The number of esters is 3. The summed E-state index contributed by atoms with van der Waals surface area (Å²) in [5.41, 5.74) is 2.84. The maximum absolute atomic E-state index is 12.7. The van der Waals surface area contributed by atoms with E-state index in [4.69, 9.17) is 18.9 Å². The van der Waals surface area contributed by atoms with Crippen molar-refractivity contribution in [2.75, 3.05) is 13.2 Å². The highest BCUT2D eigenvalue weighted by atomic mass is 16.5. The van der Waals surface area contributed by atoms with E-state index in [1.165, 1.54) is 12.8 Å². The Morgan fingerprint density at radius 2 is 1.13 bits per heavy atom. The van der Waals surface area contributed by atoms with Crippen molar-refractivity contribution in [2.45, 2.75) is 104 Å². The van der Waals surface area contributed by atoms with Gasteiger partial charge >= 0.3 is 17.9 Å².